The predicted molar refractivity (Wildman–Crippen MR) is 15.6 cm³/mol. The lowest BCUT2D eigenvalue weighted by Gasteiger charge is -1.77. The molecule has 0 fully saturated rings. The van der Waals surface area contributed by atoms with Gasteiger partial charge >= 0.3 is 0 Å². The first-order valence-electron chi connectivity index (χ1n) is 1.13. The van der Waals surface area contributed by atoms with E-state index in [1.807, 2.05) is 0 Å². The zero-order valence-electron chi connectivity index (χ0n) is 3.26. The van der Waals surface area contributed by atoms with Gasteiger partial charge < -0.3 is 21.7 Å². The van der Waals surface area contributed by atoms with Crippen LogP contribution in [0.1, 0.15) is 6.92 Å². The molecule has 0 aliphatic heterocycles. The average molecular weight is 85.1 g/mol. The highest BCUT2D eigenvalue weighted by Crippen LogP contribution is 1.31. The van der Waals surface area contributed by atoms with E-state index in [0.717, 1.165) is 6.92 Å². The SMILES string of the molecule is CC(=O)[O-].[C-]#N. The van der Waals surface area contributed by atoms with Gasteiger partial charge in [-0.15, -0.1) is 0 Å². The minimum atomic E-state index is -1.08. The van der Waals surface area contributed by atoms with Crippen molar-refractivity contribution in [2.75, 3.05) is 0 Å². The second-order valence-electron chi connectivity index (χ2n) is 0.492. The third-order valence-electron chi connectivity index (χ3n) is 0. The number of carbonyl (C=O) groups is 1. The summed E-state index contributed by atoms with van der Waals surface area (Å²) in [5, 5.41) is 15.1. The predicted octanol–water partition coefficient (Wildman–Crippen LogP) is -1.15. The highest BCUT2D eigenvalue weighted by Gasteiger charge is 1.46. The standard InChI is InChI=1S/C2H4O2.CN/c1-2(3)4;1-2/h1H3,(H,3,4);/q;-1/p-1. The third kappa shape index (κ3) is 10.5. The second-order valence-corrected chi connectivity index (χ2v) is 0.492. The molecule has 0 heterocycles. The Morgan fingerprint density at radius 3 is 1.83 bits per heavy atom. The van der Waals surface area contributed by atoms with Crippen LogP contribution in [0.2, 0.25) is 0 Å². The van der Waals surface area contributed by atoms with Crippen LogP contribution >= 0.6 is 0 Å². The second kappa shape index (κ2) is 9.03. The van der Waals surface area contributed by atoms with E-state index in [2.05, 4.69) is 0 Å². The summed E-state index contributed by atoms with van der Waals surface area (Å²) in [5.41, 5.74) is 0. The molecule has 34 valence electrons. The molecule has 0 N–H and O–H groups in total. The Morgan fingerprint density at radius 1 is 1.83 bits per heavy atom. The zero-order valence-corrected chi connectivity index (χ0v) is 3.26. The normalized spacial score (nSPS) is 4.50. The van der Waals surface area contributed by atoms with E-state index in [4.69, 9.17) is 21.7 Å². The van der Waals surface area contributed by atoms with E-state index in [0.29, 0.717) is 0 Å². The van der Waals surface area contributed by atoms with Crippen molar-refractivity contribution in [3.63, 3.8) is 0 Å². The first kappa shape index (κ1) is 8.88. The van der Waals surface area contributed by atoms with E-state index >= 15 is 0 Å². The van der Waals surface area contributed by atoms with Crippen molar-refractivity contribution in [2.45, 2.75) is 6.92 Å². The molecule has 0 saturated heterocycles. The smallest absolute Gasteiger partial charge is 0.0383 e. The lowest BCUT2D eigenvalue weighted by Crippen LogP contribution is -2.16. The molecule has 0 unspecified atom stereocenters. The summed E-state index contributed by atoms with van der Waals surface area (Å²) in [6.45, 7) is 5.72. The van der Waals surface area contributed by atoms with Crippen LogP contribution in [-0.4, -0.2) is 5.97 Å². The van der Waals surface area contributed by atoms with Gasteiger partial charge in [0.05, 0.1) is 0 Å². The number of hydrogen-bond donors (Lipinski definition) is 0. The van der Waals surface area contributed by atoms with Gasteiger partial charge in [-0.2, -0.15) is 0 Å². The molecular formula is C3H3NO2-2. The molecular weight excluding hydrogens is 82.0 g/mol. The van der Waals surface area contributed by atoms with Crippen molar-refractivity contribution < 1.29 is 9.90 Å². The van der Waals surface area contributed by atoms with Crippen LogP contribution in [0, 0.1) is 11.8 Å². The van der Waals surface area contributed by atoms with Gasteiger partial charge in [-0.05, 0) is 6.92 Å². The number of hydrogen-bond acceptors (Lipinski definition) is 3. The molecule has 0 amide bonds. The van der Waals surface area contributed by atoms with E-state index in [9.17, 15) is 0 Å². The number of aliphatic carboxylic acids is 1. The van der Waals surface area contributed by atoms with Crippen molar-refractivity contribution >= 4 is 5.97 Å². The van der Waals surface area contributed by atoms with Gasteiger partial charge in [0.1, 0.15) is 0 Å². The van der Waals surface area contributed by atoms with Crippen LogP contribution in [0.4, 0.5) is 0 Å². The van der Waals surface area contributed by atoms with Gasteiger partial charge in [0.25, 0.3) is 0 Å². The number of nitrogens with zero attached hydrogens (tertiary/aromatic N) is 1. The molecule has 0 atom stereocenters. The summed E-state index contributed by atoms with van der Waals surface area (Å²) in [7, 11) is 0. The fourth-order valence-electron chi connectivity index (χ4n) is 0. The Kier molecular flexibility index (Phi) is 13.4. The maximum Gasteiger partial charge on any atom is 0.0383 e. The van der Waals surface area contributed by atoms with Gasteiger partial charge in [0, 0.05) is 5.97 Å². The van der Waals surface area contributed by atoms with E-state index in [1.165, 1.54) is 0 Å². The quantitative estimate of drug-likeness (QED) is 0.349. The van der Waals surface area contributed by atoms with E-state index < -0.39 is 5.97 Å². The zero-order chi connectivity index (χ0) is 5.58. The highest BCUT2D eigenvalue weighted by atomic mass is 16.4. The first-order chi connectivity index (χ1) is 2.73. The molecule has 0 aliphatic carbocycles. The van der Waals surface area contributed by atoms with Crippen LogP contribution in [0.5, 0.6) is 0 Å². The summed E-state index contributed by atoms with van der Waals surface area (Å²) < 4.78 is 0. The lowest BCUT2D eigenvalue weighted by molar-refractivity contribution is -0.302. The minimum absolute atomic E-state index is 0.972. The summed E-state index contributed by atoms with van der Waals surface area (Å²) >= 11 is 0. The monoisotopic (exact) mass is 85.0 g/mol. The Bertz CT molecular complexity index is 53.1. The van der Waals surface area contributed by atoms with Crippen molar-refractivity contribution in [1.29, 1.82) is 5.26 Å². The van der Waals surface area contributed by atoms with Crippen molar-refractivity contribution in [2.24, 2.45) is 0 Å². The average Bonchev–Trinajstić information content (AvgIpc) is 1.41. The number of carbonyl (C=O) groups excluding carboxylic acids is 1. The molecule has 0 aromatic carbocycles. The molecule has 0 rings (SSSR count). The molecule has 0 radical (unpaired) electrons. The number of carboxylic acids is 1. The molecule has 6 heavy (non-hydrogen) atoms. The Hall–Kier alpha value is -1.04. The first-order valence-corrected chi connectivity index (χ1v) is 1.13. The molecule has 0 aliphatic rings. The summed E-state index contributed by atoms with van der Waals surface area (Å²) in [6, 6.07) is 0. The van der Waals surface area contributed by atoms with Gasteiger partial charge in [-0.25, -0.2) is 0 Å². The highest BCUT2D eigenvalue weighted by molar-refractivity contribution is 5.60. The van der Waals surface area contributed by atoms with Gasteiger partial charge in [-0.1, -0.05) is 0 Å². The third-order valence-corrected chi connectivity index (χ3v) is 0. The number of carboxylic acid groups (broad SMARTS) is 1. The Morgan fingerprint density at radius 2 is 1.83 bits per heavy atom. The van der Waals surface area contributed by atoms with Crippen LogP contribution in [-0.2, 0) is 4.79 Å². The van der Waals surface area contributed by atoms with Crippen LogP contribution in [0.15, 0.2) is 0 Å². The van der Waals surface area contributed by atoms with E-state index in [1.54, 1.807) is 0 Å². The maximum absolute atomic E-state index is 8.89. The molecule has 0 bridgehead atoms. The van der Waals surface area contributed by atoms with Gasteiger partial charge in [0.15, 0.2) is 0 Å². The summed E-state index contributed by atoms with van der Waals surface area (Å²) in [4.78, 5) is 8.89. The molecule has 0 spiro atoms. The fourth-order valence-corrected chi connectivity index (χ4v) is 0. The summed E-state index contributed by atoms with van der Waals surface area (Å²) in [6.07, 6.45) is 0. The van der Waals surface area contributed by atoms with Gasteiger partial charge in [0.2, 0.25) is 0 Å². The molecule has 3 nitrogen and oxygen atoms in total. The topological polar surface area (TPSA) is 63.9 Å². The molecule has 0 aromatic rings. The van der Waals surface area contributed by atoms with Crippen LogP contribution in [0.25, 0.3) is 0 Å². The van der Waals surface area contributed by atoms with Crippen molar-refractivity contribution in [3.8, 4) is 0 Å². The van der Waals surface area contributed by atoms with Gasteiger partial charge in [-0.3, -0.25) is 0 Å². The van der Waals surface area contributed by atoms with Crippen LogP contribution < -0.4 is 5.11 Å². The maximum atomic E-state index is 8.89. The van der Waals surface area contributed by atoms with Crippen molar-refractivity contribution in [1.82, 2.24) is 0 Å². The van der Waals surface area contributed by atoms with Crippen molar-refractivity contribution in [3.05, 3.63) is 6.57 Å². The largest absolute Gasteiger partial charge is 0.550 e. The summed E-state index contributed by atoms with van der Waals surface area (Å²) in [5.74, 6) is -1.08. The lowest BCUT2D eigenvalue weighted by atomic mass is 10.9. The molecule has 0 aromatic heterocycles. The Balaban J connectivity index is 0. The fraction of sp³-hybridized carbons (Fsp3) is 0.333. The Labute approximate surface area is 35.8 Å². The number of rotatable bonds is 0. The van der Waals surface area contributed by atoms with Crippen LogP contribution in [0.3, 0.4) is 0 Å². The van der Waals surface area contributed by atoms with E-state index in [-0.39, 0.29) is 0 Å². The molecule has 3 heteroatoms. The minimum Gasteiger partial charge on any atom is -0.550 e. The molecule has 0 saturated carbocycles.